The Morgan fingerprint density at radius 3 is 2.64 bits per heavy atom. The molecule has 0 bridgehead atoms. The van der Waals surface area contributed by atoms with Crippen LogP contribution in [0.5, 0.6) is 0 Å². The number of likely N-dealkylation sites (tertiary alicyclic amines) is 1. The predicted octanol–water partition coefficient (Wildman–Crippen LogP) is 2.83. The van der Waals surface area contributed by atoms with Gasteiger partial charge in [-0.3, -0.25) is 9.69 Å². The summed E-state index contributed by atoms with van der Waals surface area (Å²) in [7, 11) is 0. The molecule has 122 valence electrons. The van der Waals surface area contributed by atoms with E-state index < -0.39 is 0 Å². The van der Waals surface area contributed by atoms with Crippen molar-refractivity contribution in [3.63, 3.8) is 0 Å². The number of hydrogen-bond acceptors (Lipinski definition) is 4. The second-order valence-electron chi connectivity index (χ2n) is 6.01. The van der Waals surface area contributed by atoms with Gasteiger partial charge in [0.25, 0.3) is 0 Å². The Hall–Kier alpha value is -1.04. The Morgan fingerprint density at radius 1 is 1.36 bits per heavy atom. The highest BCUT2D eigenvalue weighted by Gasteiger charge is 2.28. The van der Waals surface area contributed by atoms with Gasteiger partial charge in [0, 0.05) is 10.6 Å². The van der Waals surface area contributed by atoms with Crippen LogP contribution >= 0.6 is 11.8 Å². The quantitative estimate of drug-likeness (QED) is 0.819. The van der Waals surface area contributed by atoms with E-state index in [0.29, 0.717) is 5.92 Å². The Kier molecular flexibility index (Phi) is 6.29. The Balaban J connectivity index is 1.89. The standard InChI is InChI=1S/C17H26N2O2S/c1-12(19-9-7-14(8-10-19)13(2)20)17(21)18-15-5-4-6-16(11-15)22-3/h4-6,11-14,20H,7-10H2,1-3H3,(H,18,21). The molecule has 1 aromatic carbocycles. The normalized spacial score (nSPS) is 19.6. The van der Waals surface area contributed by atoms with Crippen LogP contribution in [-0.2, 0) is 4.79 Å². The molecule has 1 fully saturated rings. The van der Waals surface area contributed by atoms with Crippen molar-refractivity contribution in [1.82, 2.24) is 4.90 Å². The fourth-order valence-corrected chi connectivity index (χ4v) is 3.36. The van der Waals surface area contributed by atoms with E-state index in [2.05, 4.69) is 10.2 Å². The number of amides is 1. The third kappa shape index (κ3) is 4.48. The van der Waals surface area contributed by atoms with Crippen LogP contribution in [0.3, 0.4) is 0 Å². The lowest BCUT2D eigenvalue weighted by Crippen LogP contribution is -2.47. The molecule has 1 amide bonds. The number of nitrogens with one attached hydrogen (secondary N) is 1. The summed E-state index contributed by atoms with van der Waals surface area (Å²) in [6.07, 6.45) is 3.69. The highest BCUT2D eigenvalue weighted by Crippen LogP contribution is 2.23. The summed E-state index contributed by atoms with van der Waals surface area (Å²) in [4.78, 5) is 15.8. The van der Waals surface area contributed by atoms with Gasteiger partial charge in [-0.15, -0.1) is 11.8 Å². The lowest BCUT2D eigenvalue weighted by Gasteiger charge is -2.36. The highest BCUT2D eigenvalue weighted by molar-refractivity contribution is 7.98. The van der Waals surface area contributed by atoms with Crippen LogP contribution < -0.4 is 5.32 Å². The molecule has 0 radical (unpaired) electrons. The van der Waals surface area contributed by atoms with Gasteiger partial charge in [-0.1, -0.05) is 6.07 Å². The lowest BCUT2D eigenvalue weighted by molar-refractivity contribution is -0.121. The Labute approximate surface area is 137 Å². The van der Waals surface area contributed by atoms with Gasteiger partial charge in [0.15, 0.2) is 0 Å². The smallest absolute Gasteiger partial charge is 0.241 e. The van der Waals surface area contributed by atoms with Gasteiger partial charge in [0.2, 0.25) is 5.91 Å². The minimum absolute atomic E-state index is 0.0359. The van der Waals surface area contributed by atoms with E-state index in [1.807, 2.05) is 44.4 Å². The fourth-order valence-electron chi connectivity index (χ4n) is 2.90. The minimum atomic E-state index is -0.249. The molecule has 2 rings (SSSR count). The number of anilines is 1. The summed E-state index contributed by atoms with van der Waals surface area (Å²) in [5, 5.41) is 12.7. The van der Waals surface area contributed by atoms with Crippen LogP contribution in [0.4, 0.5) is 5.69 Å². The molecule has 1 aliphatic heterocycles. The van der Waals surface area contributed by atoms with E-state index in [4.69, 9.17) is 0 Å². The largest absolute Gasteiger partial charge is 0.393 e. The first-order valence-electron chi connectivity index (χ1n) is 7.88. The molecule has 0 aromatic heterocycles. The molecule has 1 saturated heterocycles. The Morgan fingerprint density at radius 2 is 2.05 bits per heavy atom. The average Bonchev–Trinajstić information content (AvgIpc) is 2.54. The van der Waals surface area contributed by atoms with Crippen LogP contribution in [0, 0.1) is 5.92 Å². The zero-order valence-corrected chi connectivity index (χ0v) is 14.4. The summed E-state index contributed by atoms with van der Waals surface area (Å²) in [5.41, 5.74) is 0.850. The van der Waals surface area contributed by atoms with E-state index in [1.165, 1.54) is 0 Å². The maximum Gasteiger partial charge on any atom is 0.241 e. The maximum atomic E-state index is 12.4. The van der Waals surface area contributed by atoms with Crippen molar-refractivity contribution in [3.8, 4) is 0 Å². The molecule has 22 heavy (non-hydrogen) atoms. The average molecular weight is 322 g/mol. The van der Waals surface area contributed by atoms with Crippen molar-refractivity contribution in [2.24, 2.45) is 5.92 Å². The SMILES string of the molecule is CSc1cccc(NC(=O)C(C)N2CCC(C(C)O)CC2)c1. The number of thioether (sulfide) groups is 1. The molecule has 1 heterocycles. The van der Waals surface area contributed by atoms with Gasteiger partial charge < -0.3 is 10.4 Å². The van der Waals surface area contributed by atoms with E-state index in [9.17, 15) is 9.90 Å². The number of carbonyl (C=O) groups excluding carboxylic acids is 1. The number of benzene rings is 1. The van der Waals surface area contributed by atoms with Gasteiger partial charge in [-0.25, -0.2) is 0 Å². The molecule has 1 aliphatic rings. The fraction of sp³-hybridized carbons (Fsp3) is 0.588. The topological polar surface area (TPSA) is 52.6 Å². The molecular weight excluding hydrogens is 296 g/mol. The second kappa shape index (κ2) is 7.99. The van der Waals surface area contributed by atoms with Crippen LogP contribution in [0.25, 0.3) is 0 Å². The molecule has 5 heteroatoms. The number of rotatable bonds is 5. The number of nitrogens with zero attached hydrogens (tertiary/aromatic N) is 1. The summed E-state index contributed by atoms with van der Waals surface area (Å²) in [5.74, 6) is 0.401. The molecule has 0 spiro atoms. The lowest BCUT2D eigenvalue weighted by atomic mass is 9.91. The number of aliphatic hydroxyl groups is 1. The summed E-state index contributed by atoms with van der Waals surface area (Å²) in [6, 6.07) is 7.76. The molecule has 4 nitrogen and oxygen atoms in total. The molecule has 0 aliphatic carbocycles. The zero-order valence-electron chi connectivity index (χ0n) is 13.6. The van der Waals surface area contributed by atoms with Crippen LogP contribution in [-0.4, -0.2) is 47.4 Å². The summed E-state index contributed by atoms with van der Waals surface area (Å²) in [6.45, 7) is 5.55. The van der Waals surface area contributed by atoms with Gasteiger partial charge >= 0.3 is 0 Å². The van der Waals surface area contributed by atoms with Gasteiger partial charge in [-0.2, -0.15) is 0 Å². The van der Waals surface area contributed by atoms with Crippen LogP contribution in [0.2, 0.25) is 0 Å². The first-order valence-corrected chi connectivity index (χ1v) is 9.10. The van der Waals surface area contributed by atoms with Gasteiger partial charge in [-0.05, 0) is 70.2 Å². The third-order valence-corrected chi connectivity index (χ3v) is 5.25. The van der Waals surface area contributed by atoms with Gasteiger partial charge in [0.1, 0.15) is 0 Å². The molecule has 1 aromatic rings. The zero-order chi connectivity index (χ0) is 16.1. The van der Waals surface area contributed by atoms with Gasteiger partial charge in [0.05, 0.1) is 12.1 Å². The monoisotopic (exact) mass is 322 g/mol. The first-order chi connectivity index (χ1) is 10.5. The third-order valence-electron chi connectivity index (χ3n) is 4.52. The van der Waals surface area contributed by atoms with Crippen molar-refractivity contribution in [3.05, 3.63) is 24.3 Å². The minimum Gasteiger partial charge on any atom is -0.393 e. The highest BCUT2D eigenvalue weighted by atomic mass is 32.2. The van der Waals surface area contributed by atoms with Crippen LogP contribution in [0.15, 0.2) is 29.2 Å². The number of piperidine rings is 1. The number of aliphatic hydroxyl groups excluding tert-OH is 1. The number of carbonyl (C=O) groups is 1. The van der Waals surface area contributed by atoms with Crippen molar-refractivity contribution in [1.29, 1.82) is 0 Å². The molecular formula is C17H26N2O2S. The summed E-state index contributed by atoms with van der Waals surface area (Å²) >= 11 is 1.66. The van der Waals surface area contributed by atoms with Crippen molar-refractivity contribution >= 4 is 23.4 Å². The Bertz CT molecular complexity index is 499. The number of hydrogen-bond donors (Lipinski definition) is 2. The van der Waals surface area contributed by atoms with E-state index in [-0.39, 0.29) is 18.1 Å². The molecule has 2 N–H and O–H groups in total. The van der Waals surface area contributed by atoms with E-state index in [1.54, 1.807) is 11.8 Å². The van der Waals surface area contributed by atoms with E-state index >= 15 is 0 Å². The molecule has 2 atom stereocenters. The van der Waals surface area contributed by atoms with Crippen LogP contribution in [0.1, 0.15) is 26.7 Å². The van der Waals surface area contributed by atoms with Crippen molar-refractivity contribution in [2.45, 2.75) is 43.7 Å². The maximum absolute atomic E-state index is 12.4. The second-order valence-corrected chi connectivity index (χ2v) is 6.89. The van der Waals surface area contributed by atoms with Crippen molar-refractivity contribution < 1.29 is 9.90 Å². The molecule has 2 unspecified atom stereocenters. The van der Waals surface area contributed by atoms with E-state index in [0.717, 1.165) is 36.5 Å². The first kappa shape index (κ1) is 17.3. The predicted molar refractivity (Wildman–Crippen MR) is 92.3 cm³/mol. The van der Waals surface area contributed by atoms with Crippen molar-refractivity contribution in [2.75, 3.05) is 24.7 Å². The summed E-state index contributed by atoms with van der Waals surface area (Å²) < 4.78 is 0. The molecule has 0 saturated carbocycles.